The summed E-state index contributed by atoms with van der Waals surface area (Å²) in [7, 11) is 0. The quantitative estimate of drug-likeness (QED) is 0.739. The average Bonchev–Trinajstić information content (AvgIpc) is 3.15. The van der Waals surface area contributed by atoms with E-state index < -0.39 is 0 Å². The van der Waals surface area contributed by atoms with Crippen LogP contribution in [-0.2, 0) is 6.54 Å². The number of aliphatic hydroxyl groups is 1. The normalized spacial score (nSPS) is 17.4. The predicted molar refractivity (Wildman–Crippen MR) is 70.5 cm³/mol. The maximum absolute atomic E-state index is 9.15. The number of hydrogen-bond donors (Lipinski definition) is 2. The Morgan fingerprint density at radius 3 is 2.53 bits per heavy atom. The minimum Gasteiger partial charge on any atom is -0.399 e. The molecule has 3 heteroatoms. The number of rotatable bonds is 6. The van der Waals surface area contributed by atoms with Crippen LogP contribution < -0.4 is 5.73 Å². The molecule has 1 atom stereocenters. The average molecular weight is 234 g/mol. The van der Waals surface area contributed by atoms with Crippen LogP contribution in [0.1, 0.15) is 25.3 Å². The molecule has 0 saturated heterocycles. The lowest BCUT2D eigenvalue weighted by Crippen LogP contribution is -2.31. The monoisotopic (exact) mass is 234 g/mol. The van der Waals surface area contributed by atoms with E-state index in [1.54, 1.807) is 0 Å². The maximum Gasteiger partial charge on any atom is 0.0468 e. The molecule has 0 aliphatic heterocycles. The zero-order chi connectivity index (χ0) is 12.3. The summed E-state index contributed by atoms with van der Waals surface area (Å²) in [6.45, 7) is 4.31. The second-order valence-electron chi connectivity index (χ2n) is 5.19. The first-order valence-electron chi connectivity index (χ1n) is 6.38. The number of nitrogen functional groups attached to an aromatic ring is 1. The Labute approximate surface area is 103 Å². The Balaban J connectivity index is 1.95. The van der Waals surface area contributed by atoms with Gasteiger partial charge in [0, 0.05) is 31.4 Å². The highest BCUT2D eigenvalue weighted by molar-refractivity contribution is 5.39. The van der Waals surface area contributed by atoms with Gasteiger partial charge in [0.2, 0.25) is 0 Å². The molecule has 0 heterocycles. The third-order valence-electron chi connectivity index (χ3n) is 3.29. The molecule has 94 valence electrons. The SMILES string of the molecule is CC(CO)CN(Cc1ccc(N)cc1)C1CC1. The van der Waals surface area contributed by atoms with Crippen LogP contribution in [0.2, 0.25) is 0 Å². The van der Waals surface area contributed by atoms with Crippen LogP contribution in [0, 0.1) is 5.92 Å². The van der Waals surface area contributed by atoms with Gasteiger partial charge >= 0.3 is 0 Å². The van der Waals surface area contributed by atoms with E-state index in [1.807, 2.05) is 12.1 Å². The third kappa shape index (κ3) is 3.72. The van der Waals surface area contributed by atoms with Crippen LogP contribution in [0.3, 0.4) is 0 Å². The minimum absolute atomic E-state index is 0.269. The van der Waals surface area contributed by atoms with E-state index in [1.165, 1.54) is 18.4 Å². The van der Waals surface area contributed by atoms with Crippen LogP contribution in [0.4, 0.5) is 5.69 Å². The van der Waals surface area contributed by atoms with Gasteiger partial charge in [0.15, 0.2) is 0 Å². The van der Waals surface area contributed by atoms with Crippen molar-refractivity contribution in [3.05, 3.63) is 29.8 Å². The standard InChI is InChI=1S/C14H22N2O/c1-11(10-17)8-16(14-6-7-14)9-12-2-4-13(15)5-3-12/h2-5,11,14,17H,6-10,15H2,1H3. The highest BCUT2D eigenvalue weighted by atomic mass is 16.3. The maximum atomic E-state index is 9.15. The first kappa shape index (κ1) is 12.4. The fraction of sp³-hybridized carbons (Fsp3) is 0.571. The number of aliphatic hydroxyl groups excluding tert-OH is 1. The summed E-state index contributed by atoms with van der Waals surface area (Å²) >= 11 is 0. The van der Waals surface area contributed by atoms with Crippen molar-refractivity contribution in [2.75, 3.05) is 18.9 Å². The predicted octanol–water partition coefficient (Wildman–Crippen LogP) is 1.86. The van der Waals surface area contributed by atoms with E-state index >= 15 is 0 Å². The van der Waals surface area contributed by atoms with Crippen molar-refractivity contribution in [3.63, 3.8) is 0 Å². The lowest BCUT2D eigenvalue weighted by atomic mass is 10.1. The summed E-state index contributed by atoms with van der Waals surface area (Å²) < 4.78 is 0. The fourth-order valence-electron chi connectivity index (χ4n) is 2.10. The minimum atomic E-state index is 0.269. The van der Waals surface area contributed by atoms with Gasteiger partial charge < -0.3 is 10.8 Å². The first-order chi connectivity index (χ1) is 8.19. The van der Waals surface area contributed by atoms with Crippen molar-refractivity contribution in [2.45, 2.75) is 32.4 Å². The second kappa shape index (κ2) is 5.52. The molecule has 1 aromatic rings. The Hall–Kier alpha value is -1.06. The topological polar surface area (TPSA) is 49.5 Å². The molecule has 1 unspecified atom stereocenters. The summed E-state index contributed by atoms with van der Waals surface area (Å²) in [6.07, 6.45) is 2.60. The molecule has 2 rings (SSSR count). The Bertz CT molecular complexity index is 346. The van der Waals surface area contributed by atoms with Crippen molar-refractivity contribution >= 4 is 5.69 Å². The van der Waals surface area contributed by atoms with Crippen LogP contribution in [-0.4, -0.2) is 29.2 Å². The van der Waals surface area contributed by atoms with Crippen molar-refractivity contribution in [1.29, 1.82) is 0 Å². The van der Waals surface area contributed by atoms with Crippen molar-refractivity contribution in [2.24, 2.45) is 5.92 Å². The van der Waals surface area contributed by atoms with E-state index in [0.717, 1.165) is 24.8 Å². The molecule has 0 radical (unpaired) electrons. The highest BCUT2D eigenvalue weighted by Gasteiger charge is 2.29. The summed E-state index contributed by atoms with van der Waals surface area (Å²) in [5.41, 5.74) is 7.80. The van der Waals surface area contributed by atoms with Crippen LogP contribution in [0.25, 0.3) is 0 Å². The molecule has 0 spiro atoms. The van der Waals surface area contributed by atoms with E-state index in [0.29, 0.717) is 5.92 Å². The lowest BCUT2D eigenvalue weighted by molar-refractivity contribution is 0.163. The fourth-order valence-corrected chi connectivity index (χ4v) is 2.10. The molecule has 1 saturated carbocycles. The molecule has 3 nitrogen and oxygen atoms in total. The molecule has 0 amide bonds. The van der Waals surface area contributed by atoms with Gasteiger partial charge in [0.25, 0.3) is 0 Å². The third-order valence-corrected chi connectivity index (χ3v) is 3.29. The molecular formula is C14H22N2O. The van der Waals surface area contributed by atoms with Gasteiger partial charge in [-0.25, -0.2) is 0 Å². The number of anilines is 1. The van der Waals surface area contributed by atoms with Gasteiger partial charge in [0.05, 0.1) is 0 Å². The summed E-state index contributed by atoms with van der Waals surface area (Å²) in [5, 5.41) is 9.15. The van der Waals surface area contributed by atoms with Crippen molar-refractivity contribution < 1.29 is 5.11 Å². The Morgan fingerprint density at radius 1 is 1.35 bits per heavy atom. The van der Waals surface area contributed by atoms with Crippen molar-refractivity contribution in [1.82, 2.24) is 4.90 Å². The molecule has 1 aromatic carbocycles. The van der Waals surface area contributed by atoms with E-state index in [2.05, 4.69) is 24.0 Å². The van der Waals surface area contributed by atoms with Crippen LogP contribution in [0.5, 0.6) is 0 Å². The zero-order valence-corrected chi connectivity index (χ0v) is 10.5. The molecule has 1 fully saturated rings. The van der Waals surface area contributed by atoms with Gasteiger partial charge in [-0.1, -0.05) is 19.1 Å². The lowest BCUT2D eigenvalue weighted by Gasteiger charge is -2.24. The van der Waals surface area contributed by atoms with Gasteiger partial charge in [-0.2, -0.15) is 0 Å². The summed E-state index contributed by atoms with van der Waals surface area (Å²) in [6, 6.07) is 8.82. The number of nitrogens with zero attached hydrogens (tertiary/aromatic N) is 1. The van der Waals surface area contributed by atoms with Gasteiger partial charge in [-0.05, 0) is 36.5 Å². The molecule has 0 bridgehead atoms. The molecule has 17 heavy (non-hydrogen) atoms. The molecule has 0 aromatic heterocycles. The molecule has 3 N–H and O–H groups in total. The molecule has 1 aliphatic carbocycles. The van der Waals surface area contributed by atoms with Crippen molar-refractivity contribution in [3.8, 4) is 0 Å². The summed E-state index contributed by atoms with van der Waals surface area (Å²) in [5.74, 6) is 0.351. The zero-order valence-electron chi connectivity index (χ0n) is 10.5. The molecule has 1 aliphatic rings. The van der Waals surface area contributed by atoms with E-state index in [-0.39, 0.29) is 6.61 Å². The van der Waals surface area contributed by atoms with Gasteiger partial charge in [0.1, 0.15) is 0 Å². The van der Waals surface area contributed by atoms with E-state index in [4.69, 9.17) is 10.8 Å². The van der Waals surface area contributed by atoms with Gasteiger partial charge in [-0.15, -0.1) is 0 Å². The smallest absolute Gasteiger partial charge is 0.0468 e. The number of hydrogen-bond acceptors (Lipinski definition) is 3. The van der Waals surface area contributed by atoms with Crippen LogP contribution in [0.15, 0.2) is 24.3 Å². The largest absolute Gasteiger partial charge is 0.399 e. The number of benzene rings is 1. The van der Waals surface area contributed by atoms with Gasteiger partial charge in [-0.3, -0.25) is 4.90 Å². The highest BCUT2D eigenvalue weighted by Crippen LogP contribution is 2.29. The summed E-state index contributed by atoms with van der Waals surface area (Å²) in [4.78, 5) is 2.48. The van der Waals surface area contributed by atoms with Crippen LogP contribution >= 0.6 is 0 Å². The second-order valence-corrected chi connectivity index (χ2v) is 5.19. The Morgan fingerprint density at radius 2 is 2.00 bits per heavy atom. The van der Waals surface area contributed by atoms with E-state index in [9.17, 15) is 0 Å². The molecular weight excluding hydrogens is 212 g/mol. The first-order valence-corrected chi connectivity index (χ1v) is 6.38. The number of nitrogens with two attached hydrogens (primary N) is 1. The Kier molecular flexibility index (Phi) is 4.02.